The standard InChI is InChI=1S/C7H8N2O/c1-2-7-9-5-6(10-7)3-4-8/h5H,2-3H2,1H3. The summed E-state index contributed by atoms with van der Waals surface area (Å²) < 4.78 is 5.14. The second-order valence-corrected chi connectivity index (χ2v) is 1.91. The fourth-order valence-corrected chi connectivity index (χ4v) is 0.671. The molecule has 0 spiro atoms. The smallest absolute Gasteiger partial charge is 0.194 e. The van der Waals surface area contributed by atoms with E-state index in [1.54, 1.807) is 6.20 Å². The molecule has 1 aromatic rings. The minimum atomic E-state index is 0.312. The average molecular weight is 136 g/mol. The van der Waals surface area contributed by atoms with Gasteiger partial charge in [-0.25, -0.2) is 4.98 Å². The first kappa shape index (κ1) is 6.81. The Bertz CT molecular complexity index is 246. The summed E-state index contributed by atoms with van der Waals surface area (Å²) in [5.41, 5.74) is 0. The first-order chi connectivity index (χ1) is 4.86. The Morgan fingerprint density at radius 2 is 2.60 bits per heavy atom. The van der Waals surface area contributed by atoms with Gasteiger partial charge in [0.25, 0.3) is 0 Å². The first-order valence-electron chi connectivity index (χ1n) is 3.17. The summed E-state index contributed by atoms with van der Waals surface area (Å²) in [7, 11) is 0. The highest BCUT2D eigenvalue weighted by atomic mass is 16.4. The van der Waals surface area contributed by atoms with Gasteiger partial charge in [-0.2, -0.15) is 5.26 Å². The van der Waals surface area contributed by atoms with Crippen LogP contribution in [-0.2, 0) is 12.8 Å². The molecule has 1 heterocycles. The van der Waals surface area contributed by atoms with Crippen LogP contribution in [0.2, 0.25) is 0 Å². The van der Waals surface area contributed by atoms with Gasteiger partial charge in [0.2, 0.25) is 0 Å². The molecular weight excluding hydrogens is 128 g/mol. The predicted octanol–water partition coefficient (Wildman–Crippen LogP) is 1.30. The Labute approximate surface area is 59.3 Å². The maximum atomic E-state index is 8.26. The normalized spacial score (nSPS) is 9.20. The Kier molecular flexibility index (Phi) is 2.06. The van der Waals surface area contributed by atoms with Crippen LogP contribution in [0.15, 0.2) is 10.6 Å². The summed E-state index contributed by atoms with van der Waals surface area (Å²) >= 11 is 0. The summed E-state index contributed by atoms with van der Waals surface area (Å²) in [6, 6.07) is 1.99. The summed E-state index contributed by atoms with van der Waals surface area (Å²) in [6.45, 7) is 1.96. The molecule has 3 nitrogen and oxygen atoms in total. The van der Waals surface area contributed by atoms with Gasteiger partial charge in [-0.3, -0.25) is 0 Å². The van der Waals surface area contributed by atoms with Crippen molar-refractivity contribution >= 4 is 0 Å². The molecule has 0 aliphatic rings. The van der Waals surface area contributed by atoms with Gasteiger partial charge in [0.15, 0.2) is 5.89 Å². The molecule has 0 unspecified atom stereocenters. The van der Waals surface area contributed by atoms with Crippen molar-refractivity contribution in [2.24, 2.45) is 0 Å². The van der Waals surface area contributed by atoms with E-state index in [1.807, 2.05) is 13.0 Å². The maximum Gasteiger partial charge on any atom is 0.194 e. The number of aromatic nitrogens is 1. The Hall–Kier alpha value is -1.30. The van der Waals surface area contributed by atoms with Crippen LogP contribution < -0.4 is 0 Å². The van der Waals surface area contributed by atoms with E-state index >= 15 is 0 Å². The van der Waals surface area contributed by atoms with Crippen LogP contribution in [0.25, 0.3) is 0 Å². The lowest BCUT2D eigenvalue weighted by atomic mass is 10.4. The van der Waals surface area contributed by atoms with Crippen LogP contribution in [0.1, 0.15) is 18.6 Å². The number of nitrogens with zero attached hydrogens (tertiary/aromatic N) is 2. The molecule has 10 heavy (non-hydrogen) atoms. The number of nitriles is 1. The monoisotopic (exact) mass is 136 g/mol. The quantitative estimate of drug-likeness (QED) is 0.615. The SMILES string of the molecule is CCc1ncc(CC#N)o1. The van der Waals surface area contributed by atoms with Crippen LogP contribution in [0.4, 0.5) is 0 Å². The Balaban J connectivity index is 2.70. The minimum absolute atomic E-state index is 0.312. The van der Waals surface area contributed by atoms with Gasteiger partial charge in [0.1, 0.15) is 5.76 Å². The van der Waals surface area contributed by atoms with E-state index in [4.69, 9.17) is 9.68 Å². The Morgan fingerprint density at radius 1 is 1.80 bits per heavy atom. The second-order valence-electron chi connectivity index (χ2n) is 1.91. The average Bonchev–Trinajstić information content (AvgIpc) is 2.37. The van der Waals surface area contributed by atoms with E-state index in [9.17, 15) is 0 Å². The van der Waals surface area contributed by atoms with Crippen LogP contribution >= 0.6 is 0 Å². The van der Waals surface area contributed by atoms with Crippen molar-refractivity contribution in [2.45, 2.75) is 19.8 Å². The van der Waals surface area contributed by atoms with Crippen LogP contribution in [0.5, 0.6) is 0 Å². The number of oxazole rings is 1. The zero-order valence-corrected chi connectivity index (χ0v) is 5.79. The van der Waals surface area contributed by atoms with Crippen LogP contribution in [0.3, 0.4) is 0 Å². The molecule has 52 valence electrons. The van der Waals surface area contributed by atoms with Gasteiger partial charge >= 0.3 is 0 Å². The van der Waals surface area contributed by atoms with E-state index in [1.165, 1.54) is 0 Å². The molecular formula is C7H8N2O. The summed E-state index contributed by atoms with van der Waals surface area (Å²) in [6.07, 6.45) is 2.69. The van der Waals surface area contributed by atoms with Gasteiger partial charge in [-0.15, -0.1) is 0 Å². The number of hydrogen-bond acceptors (Lipinski definition) is 3. The maximum absolute atomic E-state index is 8.26. The van der Waals surface area contributed by atoms with Gasteiger partial charge < -0.3 is 4.42 Å². The molecule has 0 N–H and O–H groups in total. The van der Waals surface area contributed by atoms with Gasteiger partial charge in [0.05, 0.1) is 18.7 Å². The van der Waals surface area contributed by atoms with Crippen molar-refractivity contribution in [2.75, 3.05) is 0 Å². The topological polar surface area (TPSA) is 49.8 Å². The van der Waals surface area contributed by atoms with Gasteiger partial charge in [0, 0.05) is 6.42 Å². The molecule has 0 fully saturated rings. The number of rotatable bonds is 2. The minimum Gasteiger partial charge on any atom is -0.445 e. The molecule has 0 amide bonds. The third-order valence-electron chi connectivity index (χ3n) is 1.16. The fourth-order valence-electron chi connectivity index (χ4n) is 0.671. The lowest BCUT2D eigenvalue weighted by molar-refractivity contribution is 0.470. The van der Waals surface area contributed by atoms with E-state index in [0.717, 1.165) is 6.42 Å². The summed E-state index contributed by atoms with van der Waals surface area (Å²) in [4.78, 5) is 3.94. The molecule has 0 aromatic carbocycles. The molecule has 1 rings (SSSR count). The van der Waals surface area contributed by atoms with E-state index < -0.39 is 0 Å². The highest BCUT2D eigenvalue weighted by Gasteiger charge is 1.99. The Morgan fingerprint density at radius 3 is 3.10 bits per heavy atom. The van der Waals surface area contributed by atoms with Crippen molar-refractivity contribution in [3.05, 3.63) is 17.8 Å². The molecule has 0 aliphatic heterocycles. The fraction of sp³-hybridized carbons (Fsp3) is 0.429. The van der Waals surface area contributed by atoms with E-state index in [2.05, 4.69) is 4.98 Å². The molecule has 0 radical (unpaired) electrons. The lowest BCUT2D eigenvalue weighted by Gasteiger charge is -1.83. The second kappa shape index (κ2) is 3.02. The number of aryl methyl sites for hydroxylation is 1. The van der Waals surface area contributed by atoms with Crippen molar-refractivity contribution < 1.29 is 4.42 Å². The zero-order valence-electron chi connectivity index (χ0n) is 5.79. The highest BCUT2D eigenvalue weighted by Crippen LogP contribution is 2.03. The van der Waals surface area contributed by atoms with E-state index in [0.29, 0.717) is 18.1 Å². The van der Waals surface area contributed by atoms with Crippen molar-refractivity contribution in [3.63, 3.8) is 0 Å². The molecule has 0 saturated carbocycles. The molecule has 0 saturated heterocycles. The summed E-state index contributed by atoms with van der Waals surface area (Å²) in [5.74, 6) is 1.35. The third kappa shape index (κ3) is 1.35. The van der Waals surface area contributed by atoms with Gasteiger partial charge in [-0.05, 0) is 0 Å². The molecule has 0 atom stereocenters. The molecule has 3 heteroatoms. The largest absolute Gasteiger partial charge is 0.445 e. The van der Waals surface area contributed by atoms with Crippen LogP contribution in [0, 0.1) is 11.3 Å². The van der Waals surface area contributed by atoms with Crippen molar-refractivity contribution in [3.8, 4) is 6.07 Å². The third-order valence-corrected chi connectivity index (χ3v) is 1.16. The number of hydrogen-bond donors (Lipinski definition) is 0. The van der Waals surface area contributed by atoms with Crippen molar-refractivity contribution in [1.29, 1.82) is 5.26 Å². The van der Waals surface area contributed by atoms with Crippen LogP contribution in [-0.4, -0.2) is 4.98 Å². The molecule has 0 bridgehead atoms. The van der Waals surface area contributed by atoms with Crippen molar-refractivity contribution in [1.82, 2.24) is 4.98 Å². The first-order valence-corrected chi connectivity index (χ1v) is 3.17. The predicted molar refractivity (Wildman–Crippen MR) is 35.2 cm³/mol. The summed E-state index contributed by atoms with van der Waals surface area (Å²) in [5, 5.41) is 8.26. The molecule has 1 aromatic heterocycles. The molecule has 0 aliphatic carbocycles. The zero-order chi connectivity index (χ0) is 7.40. The van der Waals surface area contributed by atoms with E-state index in [-0.39, 0.29) is 0 Å². The highest BCUT2D eigenvalue weighted by molar-refractivity contribution is 5.00. The van der Waals surface area contributed by atoms with Gasteiger partial charge in [-0.1, -0.05) is 6.92 Å². The lowest BCUT2D eigenvalue weighted by Crippen LogP contribution is -1.75.